The van der Waals surface area contributed by atoms with E-state index in [1.807, 2.05) is 31.2 Å². The molecular weight excluding hydrogens is 312 g/mol. The summed E-state index contributed by atoms with van der Waals surface area (Å²) in [5.74, 6) is -1.62. The van der Waals surface area contributed by atoms with E-state index < -0.39 is 24.0 Å². The van der Waals surface area contributed by atoms with E-state index >= 15 is 0 Å². The summed E-state index contributed by atoms with van der Waals surface area (Å²) < 4.78 is 4.98. The Morgan fingerprint density at radius 2 is 2.08 bits per heavy atom. The highest BCUT2D eigenvalue weighted by molar-refractivity contribution is 5.99. The molecule has 0 bridgehead atoms. The fourth-order valence-electron chi connectivity index (χ4n) is 2.87. The zero-order chi connectivity index (χ0) is 17.3. The van der Waals surface area contributed by atoms with Crippen LogP contribution >= 0.6 is 0 Å². The summed E-state index contributed by atoms with van der Waals surface area (Å²) in [6, 6.07) is 9.64. The molecule has 1 atom stereocenters. The van der Waals surface area contributed by atoms with Gasteiger partial charge in [0.15, 0.2) is 12.5 Å². The number of H-pyrrole nitrogens is 1. The van der Waals surface area contributed by atoms with Gasteiger partial charge in [0.2, 0.25) is 0 Å². The average Bonchev–Trinajstić information content (AvgIpc) is 2.87. The molecule has 7 nitrogen and oxygen atoms in total. The van der Waals surface area contributed by atoms with Crippen molar-refractivity contribution in [3.05, 3.63) is 57.9 Å². The van der Waals surface area contributed by atoms with Crippen LogP contribution < -0.4 is 10.5 Å². The lowest BCUT2D eigenvalue weighted by Crippen LogP contribution is -2.38. The van der Waals surface area contributed by atoms with Crippen molar-refractivity contribution in [3.8, 4) is 5.88 Å². The number of esters is 1. The summed E-state index contributed by atoms with van der Waals surface area (Å²) >= 11 is 0. The van der Waals surface area contributed by atoms with Gasteiger partial charge in [0.25, 0.3) is 11.5 Å². The number of hydrogen-bond acceptors (Lipinski definition) is 5. The van der Waals surface area contributed by atoms with Gasteiger partial charge < -0.3 is 14.7 Å². The second-order valence-electron chi connectivity index (χ2n) is 5.64. The maximum Gasteiger partial charge on any atom is 0.339 e. The molecule has 0 radical (unpaired) electrons. The third kappa shape index (κ3) is 3.01. The van der Waals surface area contributed by atoms with E-state index in [1.165, 1.54) is 0 Å². The van der Waals surface area contributed by atoms with Gasteiger partial charge in [0.05, 0.1) is 5.56 Å². The van der Waals surface area contributed by atoms with Crippen molar-refractivity contribution < 1.29 is 19.4 Å². The Labute approximate surface area is 137 Å². The first-order chi connectivity index (χ1) is 11.5. The second-order valence-corrected chi connectivity index (χ2v) is 5.64. The fourth-order valence-corrected chi connectivity index (χ4v) is 2.87. The van der Waals surface area contributed by atoms with Gasteiger partial charge in [-0.2, -0.15) is 0 Å². The van der Waals surface area contributed by atoms with E-state index in [9.17, 15) is 19.5 Å². The Morgan fingerprint density at radius 1 is 1.33 bits per heavy atom. The third-order valence-corrected chi connectivity index (χ3v) is 3.87. The molecule has 3 rings (SSSR count). The smallest absolute Gasteiger partial charge is 0.339 e. The minimum Gasteiger partial charge on any atom is -0.494 e. The Balaban J connectivity index is 1.70. The molecule has 2 N–H and O–H groups in total. The molecular formula is C17H16N2O5. The van der Waals surface area contributed by atoms with Gasteiger partial charge in [-0.1, -0.05) is 18.2 Å². The van der Waals surface area contributed by atoms with E-state index in [4.69, 9.17) is 4.74 Å². The van der Waals surface area contributed by atoms with Crippen molar-refractivity contribution in [2.75, 3.05) is 11.5 Å². The number of aromatic amines is 1. The molecule has 7 heteroatoms. The SMILES string of the molecule is CC1Cc2ccccc2N1C(=O)COC(=O)c1cc(O)[nH]c(=O)c1. The van der Waals surface area contributed by atoms with Gasteiger partial charge in [-0.15, -0.1) is 0 Å². The van der Waals surface area contributed by atoms with Crippen molar-refractivity contribution in [1.29, 1.82) is 0 Å². The molecule has 0 spiro atoms. The van der Waals surface area contributed by atoms with Crippen LogP contribution in [0.1, 0.15) is 22.8 Å². The number of aromatic nitrogens is 1. The number of hydrogen-bond donors (Lipinski definition) is 2. The molecule has 24 heavy (non-hydrogen) atoms. The lowest BCUT2D eigenvalue weighted by atomic mass is 10.1. The Bertz CT molecular complexity index is 858. The van der Waals surface area contributed by atoms with E-state index in [0.29, 0.717) is 0 Å². The Hall–Kier alpha value is -3.09. The number of anilines is 1. The molecule has 1 aromatic carbocycles. The van der Waals surface area contributed by atoms with Crippen LogP contribution in [0.25, 0.3) is 0 Å². The minimum atomic E-state index is -0.843. The summed E-state index contributed by atoms with van der Waals surface area (Å²) in [5.41, 5.74) is 1.15. The number of rotatable bonds is 3. The highest BCUT2D eigenvalue weighted by atomic mass is 16.5. The topological polar surface area (TPSA) is 99.7 Å². The van der Waals surface area contributed by atoms with E-state index in [0.717, 1.165) is 29.8 Å². The van der Waals surface area contributed by atoms with Crippen LogP contribution in [-0.4, -0.2) is 34.6 Å². The second kappa shape index (κ2) is 6.19. The summed E-state index contributed by atoms with van der Waals surface area (Å²) in [6.45, 7) is 1.49. The summed E-state index contributed by atoms with van der Waals surface area (Å²) in [6.07, 6.45) is 0.748. The van der Waals surface area contributed by atoms with Crippen LogP contribution in [0.3, 0.4) is 0 Å². The van der Waals surface area contributed by atoms with E-state index in [-0.39, 0.29) is 17.5 Å². The number of benzene rings is 1. The summed E-state index contributed by atoms with van der Waals surface area (Å²) in [7, 11) is 0. The normalized spacial score (nSPS) is 15.9. The first-order valence-electron chi connectivity index (χ1n) is 7.46. The van der Waals surface area contributed by atoms with Crippen LogP contribution in [0.15, 0.2) is 41.2 Å². The molecule has 1 amide bonds. The van der Waals surface area contributed by atoms with Gasteiger partial charge in [0.1, 0.15) is 0 Å². The molecule has 1 aliphatic rings. The van der Waals surface area contributed by atoms with Crippen LogP contribution in [0.5, 0.6) is 5.88 Å². The predicted molar refractivity (Wildman–Crippen MR) is 86.1 cm³/mol. The zero-order valence-electron chi connectivity index (χ0n) is 13.0. The van der Waals surface area contributed by atoms with Gasteiger partial charge in [-0.3, -0.25) is 14.6 Å². The number of aromatic hydroxyl groups is 1. The molecule has 1 unspecified atom stereocenters. The zero-order valence-corrected chi connectivity index (χ0v) is 13.0. The fraction of sp³-hybridized carbons (Fsp3) is 0.235. The van der Waals surface area contributed by atoms with Gasteiger partial charge in [-0.05, 0) is 25.0 Å². The Kier molecular flexibility index (Phi) is 4.07. The van der Waals surface area contributed by atoms with Crippen molar-refractivity contribution in [1.82, 2.24) is 4.98 Å². The minimum absolute atomic E-state index is 0.0165. The molecule has 124 valence electrons. The van der Waals surface area contributed by atoms with Crippen LogP contribution in [0, 0.1) is 0 Å². The molecule has 2 aromatic rings. The number of nitrogens with one attached hydrogen (secondary N) is 1. The first-order valence-corrected chi connectivity index (χ1v) is 7.46. The molecule has 0 saturated carbocycles. The number of carbonyl (C=O) groups is 2. The molecule has 0 saturated heterocycles. The molecule has 1 aromatic heterocycles. The highest BCUT2D eigenvalue weighted by Crippen LogP contribution is 2.31. The number of para-hydroxylation sites is 1. The quantitative estimate of drug-likeness (QED) is 0.825. The number of pyridine rings is 1. The molecule has 1 aliphatic heterocycles. The van der Waals surface area contributed by atoms with Gasteiger partial charge in [-0.25, -0.2) is 4.79 Å². The highest BCUT2D eigenvalue weighted by Gasteiger charge is 2.31. The van der Waals surface area contributed by atoms with Crippen LogP contribution in [-0.2, 0) is 16.0 Å². The number of nitrogens with zero attached hydrogens (tertiary/aromatic N) is 1. The largest absolute Gasteiger partial charge is 0.494 e. The number of ether oxygens (including phenoxy) is 1. The van der Waals surface area contributed by atoms with Crippen molar-refractivity contribution in [2.45, 2.75) is 19.4 Å². The predicted octanol–water partition coefficient (Wildman–Crippen LogP) is 1.22. The summed E-state index contributed by atoms with van der Waals surface area (Å²) in [4.78, 5) is 39.3. The number of carbonyl (C=O) groups excluding carboxylic acids is 2. The standard InChI is InChI=1S/C17H16N2O5/c1-10-6-11-4-2-3-5-13(11)19(10)16(22)9-24-17(23)12-7-14(20)18-15(21)8-12/h2-5,7-8,10H,6,9H2,1H3,(H2,18,20,21). The molecule has 0 fully saturated rings. The maximum atomic E-state index is 12.4. The van der Waals surface area contributed by atoms with Crippen molar-refractivity contribution in [3.63, 3.8) is 0 Å². The monoisotopic (exact) mass is 328 g/mol. The first kappa shape index (κ1) is 15.8. The van der Waals surface area contributed by atoms with E-state index in [1.54, 1.807) is 4.90 Å². The lowest BCUT2D eigenvalue weighted by Gasteiger charge is -2.22. The Morgan fingerprint density at radius 3 is 2.83 bits per heavy atom. The average molecular weight is 328 g/mol. The molecule has 2 heterocycles. The number of fused-ring (bicyclic) bond motifs is 1. The summed E-state index contributed by atoms with van der Waals surface area (Å²) in [5, 5.41) is 9.30. The third-order valence-electron chi connectivity index (χ3n) is 3.87. The lowest BCUT2D eigenvalue weighted by molar-refractivity contribution is -0.122. The number of amides is 1. The van der Waals surface area contributed by atoms with E-state index in [2.05, 4.69) is 4.98 Å². The molecule has 0 aliphatic carbocycles. The van der Waals surface area contributed by atoms with Gasteiger partial charge in [0, 0.05) is 23.9 Å². The van der Waals surface area contributed by atoms with Gasteiger partial charge >= 0.3 is 5.97 Å². The maximum absolute atomic E-state index is 12.4. The van der Waals surface area contributed by atoms with Crippen LogP contribution in [0.2, 0.25) is 0 Å². The van der Waals surface area contributed by atoms with Crippen molar-refractivity contribution >= 4 is 17.6 Å². The van der Waals surface area contributed by atoms with Crippen LogP contribution in [0.4, 0.5) is 5.69 Å². The van der Waals surface area contributed by atoms with Crippen molar-refractivity contribution in [2.24, 2.45) is 0 Å².